The van der Waals surface area contributed by atoms with Crippen molar-refractivity contribution in [3.05, 3.63) is 100 Å². The van der Waals surface area contributed by atoms with Gasteiger partial charge >= 0.3 is 0 Å². The number of rotatable bonds is 11. The molecule has 0 saturated carbocycles. The number of hydrogen-bond acceptors (Lipinski definition) is 7. The first-order valence-corrected chi connectivity index (χ1v) is 17.2. The van der Waals surface area contributed by atoms with Crippen molar-refractivity contribution in [3.8, 4) is 27.3 Å². The lowest BCUT2D eigenvalue weighted by molar-refractivity contribution is -0.163. The number of hydrogen-bond donors (Lipinski definition) is 2. The van der Waals surface area contributed by atoms with E-state index >= 15 is 0 Å². The Morgan fingerprint density at radius 1 is 0.935 bits per heavy atom. The van der Waals surface area contributed by atoms with E-state index < -0.39 is 11.3 Å². The molecule has 3 heterocycles. The van der Waals surface area contributed by atoms with Gasteiger partial charge in [-0.05, 0) is 80.6 Å². The SMILES string of the molecule is O=C(NC(=O)C1(c2ccccc2)CCNCC1)c1cc(-c2ccc(OCCCOC3CCCCO3)cc2)c(-c2ccccc2Cl)s1. The average Bonchev–Trinajstić information content (AvgIpc) is 3.55. The van der Waals surface area contributed by atoms with Crippen LogP contribution < -0.4 is 15.4 Å². The summed E-state index contributed by atoms with van der Waals surface area (Å²) >= 11 is 7.98. The molecule has 2 saturated heterocycles. The number of thiophene rings is 1. The van der Waals surface area contributed by atoms with Crippen LogP contribution in [-0.2, 0) is 19.7 Å². The molecule has 1 atom stereocenters. The second kappa shape index (κ2) is 15.4. The molecule has 3 aromatic carbocycles. The van der Waals surface area contributed by atoms with Gasteiger partial charge in [0.2, 0.25) is 5.91 Å². The van der Waals surface area contributed by atoms with Gasteiger partial charge in [0.05, 0.1) is 23.5 Å². The molecule has 2 aliphatic rings. The van der Waals surface area contributed by atoms with E-state index in [1.165, 1.54) is 11.3 Å². The Balaban J connectivity index is 1.18. The predicted octanol–water partition coefficient (Wildman–Crippen LogP) is 7.63. The first-order valence-electron chi connectivity index (χ1n) is 16.0. The fraction of sp³-hybridized carbons (Fsp3) is 0.351. The lowest BCUT2D eigenvalue weighted by Gasteiger charge is -2.36. The molecule has 1 unspecified atom stereocenters. The third-order valence-electron chi connectivity index (χ3n) is 8.68. The Labute approximate surface area is 279 Å². The first-order chi connectivity index (χ1) is 22.5. The smallest absolute Gasteiger partial charge is 0.267 e. The number of benzene rings is 3. The van der Waals surface area contributed by atoms with Gasteiger partial charge < -0.3 is 19.5 Å². The molecule has 0 radical (unpaired) electrons. The van der Waals surface area contributed by atoms with Gasteiger partial charge in [-0.25, -0.2) is 0 Å². The van der Waals surface area contributed by atoms with Crippen LogP contribution in [0.25, 0.3) is 21.6 Å². The average molecular weight is 659 g/mol. The molecule has 46 heavy (non-hydrogen) atoms. The van der Waals surface area contributed by atoms with E-state index in [0.29, 0.717) is 49.0 Å². The van der Waals surface area contributed by atoms with Crippen LogP contribution in [0.3, 0.4) is 0 Å². The van der Waals surface area contributed by atoms with Gasteiger partial charge in [-0.3, -0.25) is 14.9 Å². The number of halogens is 1. The first kappa shape index (κ1) is 32.4. The van der Waals surface area contributed by atoms with Crippen LogP contribution >= 0.6 is 22.9 Å². The van der Waals surface area contributed by atoms with Crippen LogP contribution in [0.15, 0.2) is 84.9 Å². The fourth-order valence-electron chi connectivity index (χ4n) is 6.14. The topological polar surface area (TPSA) is 85.9 Å². The zero-order valence-corrected chi connectivity index (χ0v) is 27.3. The van der Waals surface area contributed by atoms with Crippen molar-refractivity contribution in [3.63, 3.8) is 0 Å². The Morgan fingerprint density at radius 3 is 2.43 bits per heavy atom. The van der Waals surface area contributed by atoms with Crippen molar-refractivity contribution in [2.75, 3.05) is 32.9 Å². The molecule has 6 rings (SSSR count). The number of imide groups is 1. The number of piperidine rings is 1. The van der Waals surface area contributed by atoms with Crippen LogP contribution in [0.1, 0.15) is 53.8 Å². The standard InChI is InChI=1S/C37H39ClN2O5S/c38-31-12-5-4-11-29(31)34-30(26-14-16-28(17-15-26)43-23-8-24-45-33-13-6-7-22-44-33)25-32(46-34)35(41)40-36(42)37(18-20-39-21-19-37)27-9-2-1-3-10-27/h1-5,9-12,14-17,25,33,39H,6-8,13,18-24H2,(H,40,41,42). The summed E-state index contributed by atoms with van der Waals surface area (Å²) in [5.74, 6) is 0.0748. The highest BCUT2D eigenvalue weighted by molar-refractivity contribution is 7.18. The summed E-state index contributed by atoms with van der Waals surface area (Å²) in [5.41, 5.74) is 2.78. The third kappa shape index (κ3) is 7.54. The lowest BCUT2D eigenvalue weighted by atomic mass is 9.72. The molecular weight excluding hydrogens is 620 g/mol. The minimum Gasteiger partial charge on any atom is -0.494 e. The molecule has 0 bridgehead atoms. The van der Waals surface area contributed by atoms with E-state index in [2.05, 4.69) is 10.6 Å². The van der Waals surface area contributed by atoms with Crippen molar-refractivity contribution in [2.45, 2.75) is 50.2 Å². The highest BCUT2D eigenvalue weighted by Crippen LogP contribution is 2.43. The molecular formula is C37H39ClN2O5S. The van der Waals surface area contributed by atoms with E-state index in [0.717, 1.165) is 65.2 Å². The Morgan fingerprint density at radius 2 is 1.70 bits per heavy atom. The Hall–Kier alpha value is -3.53. The Bertz CT molecular complexity index is 1610. The van der Waals surface area contributed by atoms with Crippen LogP contribution in [0, 0.1) is 0 Å². The van der Waals surface area contributed by atoms with Gasteiger partial charge in [0.1, 0.15) is 5.75 Å². The van der Waals surface area contributed by atoms with Crippen LogP contribution in [0.5, 0.6) is 5.75 Å². The highest BCUT2D eigenvalue weighted by Gasteiger charge is 2.42. The van der Waals surface area contributed by atoms with Gasteiger partial charge in [0.25, 0.3) is 5.91 Å². The minimum atomic E-state index is -0.764. The quantitative estimate of drug-likeness (QED) is 0.127. The number of carbonyl (C=O) groups is 2. The summed E-state index contributed by atoms with van der Waals surface area (Å²) in [7, 11) is 0. The number of nitrogens with one attached hydrogen (secondary N) is 2. The molecule has 9 heteroatoms. The molecule has 0 aliphatic carbocycles. The van der Waals surface area contributed by atoms with Gasteiger partial charge in [0, 0.05) is 34.1 Å². The van der Waals surface area contributed by atoms with Crippen molar-refractivity contribution >= 4 is 34.8 Å². The normalized spacial score (nSPS) is 17.7. The molecule has 240 valence electrons. The molecule has 2 fully saturated rings. The van der Waals surface area contributed by atoms with Crippen molar-refractivity contribution in [1.82, 2.24) is 10.6 Å². The number of carbonyl (C=O) groups excluding carboxylic acids is 2. The maximum Gasteiger partial charge on any atom is 0.267 e. The van der Waals surface area contributed by atoms with Gasteiger partial charge in [0.15, 0.2) is 6.29 Å². The van der Waals surface area contributed by atoms with Crippen molar-refractivity contribution in [2.24, 2.45) is 0 Å². The van der Waals surface area contributed by atoms with E-state index in [1.807, 2.05) is 84.9 Å². The zero-order chi connectivity index (χ0) is 31.8. The summed E-state index contributed by atoms with van der Waals surface area (Å²) in [6.07, 6.45) is 5.11. The second-order valence-corrected chi connectivity index (χ2v) is 13.2. The Kier molecular flexibility index (Phi) is 10.8. The molecule has 4 aromatic rings. The summed E-state index contributed by atoms with van der Waals surface area (Å²) in [4.78, 5) is 28.8. The largest absolute Gasteiger partial charge is 0.494 e. The van der Waals surface area contributed by atoms with Gasteiger partial charge in [-0.15, -0.1) is 11.3 Å². The predicted molar refractivity (Wildman–Crippen MR) is 183 cm³/mol. The molecule has 0 spiro atoms. The summed E-state index contributed by atoms with van der Waals surface area (Å²) in [6, 6.07) is 27.0. The molecule has 2 N–H and O–H groups in total. The number of ether oxygens (including phenoxy) is 3. The third-order valence-corrected chi connectivity index (χ3v) is 10.2. The lowest BCUT2D eigenvalue weighted by Crippen LogP contribution is -2.52. The van der Waals surface area contributed by atoms with E-state index in [9.17, 15) is 9.59 Å². The van der Waals surface area contributed by atoms with E-state index in [-0.39, 0.29) is 12.2 Å². The van der Waals surface area contributed by atoms with Crippen LogP contribution in [0.4, 0.5) is 0 Å². The molecule has 2 aliphatic heterocycles. The van der Waals surface area contributed by atoms with Crippen LogP contribution in [0.2, 0.25) is 5.02 Å². The van der Waals surface area contributed by atoms with E-state index in [1.54, 1.807) is 0 Å². The maximum atomic E-state index is 13.8. The van der Waals surface area contributed by atoms with Crippen molar-refractivity contribution in [1.29, 1.82) is 0 Å². The monoisotopic (exact) mass is 658 g/mol. The fourth-order valence-corrected chi connectivity index (χ4v) is 7.54. The number of amides is 2. The van der Waals surface area contributed by atoms with Crippen LogP contribution in [-0.4, -0.2) is 51.0 Å². The molecule has 7 nitrogen and oxygen atoms in total. The second-order valence-electron chi connectivity index (χ2n) is 11.7. The zero-order valence-electron chi connectivity index (χ0n) is 25.8. The van der Waals surface area contributed by atoms with Gasteiger partial charge in [-0.1, -0.05) is 72.3 Å². The minimum absolute atomic E-state index is 0.0920. The summed E-state index contributed by atoms with van der Waals surface area (Å²) in [6.45, 7) is 3.31. The van der Waals surface area contributed by atoms with E-state index in [4.69, 9.17) is 25.8 Å². The molecule has 1 aromatic heterocycles. The summed E-state index contributed by atoms with van der Waals surface area (Å²) < 4.78 is 17.4. The molecule has 2 amide bonds. The highest BCUT2D eigenvalue weighted by atomic mass is 35.5. The summed E-state index contributed by atoms with van der Waals surface area (Å²) in [5, 5.41) is 6.69. The van der Waals surface area contributed by atoms with Gasteiger partial charge in [-0.2, -0.15) is 0 Å². The van der Waals surface area contributed by atoms with Crippen molar-refractivity contribution < 1.29 is 23.8 Å². The maximum absolute atomic E-state index is 13.8.